The zero-order valence-electron chi connectivity index (χ0n) is 24.8. The van der Waals surface area contributed by atoms with E-state index in [1.54, 1.807) is 26.0 Å². The highest BCUT2D eigenvalue weighted by Gasteiger charge is 2.50. The van der Waals surface area contributed by atoms with Gasteiger partial charge in [-0.1, -0.05) is 52.3 Å². The second kappa shape index (κ2) is 11.1. The van der Waals surface area contributed by atoms with Crippen LogP contribution in [0.15, 0.2) is 82.1 Å². The molecule has 4 aromatic carbocycles. The average molecular weight is 657 g/mol. The number of aromatic nitrogens is 1. The van der Waals surface area contributed by atoms with E-state index in [2.05, 4.69) is 15.9 Å². The SMILES string of the molecule is COc1cc2c(c3c1c(=O)c1cc4ccccc4cc1n3C)[C@@H](OC(C)=O)[C@@H](OC(=O)/C=C/c1ccc(Br)cc1)C(C)(C)O2. The van der Waals surface area contributed by atoms with Gasteiger partial charge in [-0.2, -0.15) is 0 Å². The summed E-state index contributed by atoms with van der Waals surface area (Å²) in [6.45, 7) is 4.80. The number of carbonyl (C=O) groups excluding carboxylic acids is 2. The minimum absolute atomic E-state index is 0.240. The van der Waals surface area contributed by atoms with E-state index in [4.69, 9.17) is 18.9 Å². The molecule has 224 valence electrons. The summed E-state index contributed by atoms with van der Waals surface area (Å²) in [6.07, 6.45) is 0.814. The first-order valence-electron chi connectivity index (χ1n) is 14.0. The zero-order chi connectivity index (χ0) is 31.3. The maximum Gasteiger partial charge on any atom is 0.331 e. The quantitative estimate of drug-likeness (QED) is 0.114. The van der Waals surface area contributed by atoms with Gasteiger partial charge in [0.05, 0.1) is 29.1 Å². The first-order chi connectivity index (χ1) is 21.0. The van der Waals surface area contributed by atoms with Crippen molar-refractivity contribution >= 4 is 66.5 Å². The smallest absolute Gasteiger partial charge is 0.331 e. The number of pyridine rings is 1. The van der Waals surface area contributed by atoms with Crippen LogP contribution in [0, 0.1) is 0 Å². The molecule has 5 aromatic rings. The molecule has 1 aliphatic heterocycles. The van der Waals surface area contributed by atoms with Gasteiger partial charge in [-0.3, -0.25) is 9.59 Å². The fourth-order valence-corrected chi connectivity index (χ4v) is 6.20. The average Bonchev–Trinajstić information content (AvgIpc) is 2.99. The molecular weight excluding hydrogens is 626 g/mol. The molecule has 2 atom stereocenters. The van der Waals surface area contributed by atoms with Crippen LogP contribution in [-0.4, -0.2) is 35.3 Å². The molecule has 0 amide bonds. The second-order valence-corrected chi connectivity index (χ2v) is 12.2. The number of aryl methyl sites for hydroxylation is 1. The van der Waals surface area contributed by atoms with Gasteiger partial charge < -0.3 is 23.5 Å². The normalized spacial score (nSPS) is 17.4. The van der Waals surface area contributed by atoms with Crippen LogP contribution in [0.4, 0.5) is 0 Å². The van der Waals surface area contributed by atoms with Crippen molar-refractivity contribution in [2.24, 2.45) is 7.05 Å². The Morgan fingerprint density at radius 2 is 1.68 bits per heavy atom. The van der Waals surface area contributed by atoms with Crippen LogP contribution in [0.3, 0.4) is 0 Å². The van der Waals surface area contributed by atoms with Gasteiger partial charge in [0.2, 0.25) is 5.43 Å². The third-order valence-electron chi connectivity index (χ3n) is 7.95. The number of hydrogen-bond donors (Lipinski definition) is 0. The van der Waals surface area contributed by atoms with Crippen LogP contribution in [0.1, 0.15) is 38.0 Å². The second-order valence-electron chi connectivity index (χ2n) is 11.3. The van der Waals surface area contributed by atoms with Crippen molar-refractivity contribution in [2.45, 2.75) is 38.6 Å². The molecule has 0 fully saturated rings. The number of fused-ring (bicyclic) bond motifs is 5. The third kappa shape index (κ3) is 5.11. The topological polar surface area (TPSA) is 93.1 Å². The first-order valence-corrected chi connectivity index (χ1v) is 14.8. The molecule has 0 spiro atoms. The lowest BCUT2D eigenvalue weighted by Gasteiger charge is -2.43. The van der Waals surface area contributed by atoms with Gasteiger partial charge in [0, 0.05) is 36.0 Å². The molecule has 0 bridgehead atoms. The van der Waals surface area contributed by atoms with Gasteiger partial charge in [-0.25, -0.2) is 4.79 Å². The van der Waals surface area contributed by atoms with E-state index in [1.807, 2.05) is 72.3 Å². The van der Waals surface area contributed by atoms with E-state index >= 15 is 0 Å². The lowest BCUT2D eigenvalue weighted by atomic mass is 9.86. The van der Waals surface area contributed by atoms with Crippen molar-refractivity contribution in [3.63, 3.8) is 0 Å². The highest BCUT2D eigenvalue weighted by atomic mass is 79.9. The van der Waals surface area contributed by atoms with Gasteiger partial charge in [0.25, 0.3) is 0 Å². The zero-order valence-corrected chi connectivity index (χ0v) is 26.4. The minimum atomic E-state index is -1.13. The summed E-state index contributed by atoms with van der Waals surface area (Å²) in [5.41, 5.74) is 0.988. The number of esters is 2. The number of methoxy groups -OCH3 is 1. The van der Waals surface area contributed by atoms with E-state index in [9.17, 15) is 14.4 Å². The van der Waals surface area contributed by atoms with Gasteiger partial charge in [-0.15, -0.1) is 0 Å². The van der Waals surface area contributed by atoms with E-state index in [1.165, 1.54) is 20.1 Å². The number of rotatable bonds is 5. The molecule has 1 aliphatic rings. The number of benzene rings is 4. The van der Waals surface area contributed by atoms with Crippen LogP contribution in [0.5, 0.6) is 11.5 Å². The molecule has 44 heavy (non-hydrogen) atoms. The van der Waals surface area contributed by atoms with Crippen LogP contribution in [0.25, 0.3) is 38.7 Å². The first kappa shape index (κ1) is 29.4. The van der Waals surface area contributed by atoms with Crippen molar-refractivity contribution in [3.8, 4) is 11.5 Å². The van der Waals surface area contributed by atoms with E-state index in [-0.39, 0.29) is 5.43 Å². The largest absolute Gasteiger partial charge is 0.496 e. The molecule has 0 N–H and O–H groups in total. The number of hydrogen-bond acceptors (Lipinski definition) is 7. The molecule has 1 aromatic heterocycles. The van der Waals surface area contributed by atoms with Crippen molar-refractivity contribution in [3.05, 3.63) is 98.6 Å². The molecule has 0 unspecified atom stereocenters. The minimum Gasteiger partial charge on any atom is -0.496 e. The highest BCUT2D eigenvalue weighted by molar-refractivity contribution is 9.10. The number of carbonyl (C=O) groups is 2. The molecule has 0 saturated heterocycles. The molecule has 0 radical (unpaired) electrons. The van der Waals surface area contributed by atoms with E-state index in [0.717, 1.165) is 20.8 Å². The Labute approximate surface area is 261 Å². The summed E-state index contributed by atoms with van der Waals surface area (Å²) in [4.78, 5) is 39.9. The van der Waals surface area contributed by atoms with Crippen LogP contribution in [0.2, 0.25) is 0 Å². The molecular formula is C35H30BrNO7. The Hall–Kier alpha value is -4.63. The lowest BCUT2D eigenvalue weighted by Crippen LogP contribution is -2.52. The number of ether oxygens (including phenoxy) is 4. The molecule has 8 nitrogen and oxygen atoms in total. The Morgan fingerprint density at radius 3 is 2.34 bits per heavy atom. The number of halogens is 1. The number of nitrogens with zero attached hydrogens (tertiary/aromatic N) is 1. The Morgan fingerprint density at radius 1 is 1.00 bits per heavy atom. The van der Waals surface area contributed by atoms with Crippen molar-refractivity contribution in [2.75, 3.05) is 7.11 Å². The van der Waals surface area contributed by atoms with Crippen LogP contribution < -0.4 is 14.9 Å². The predicted molar refractivity (Wildman–Crippen MR) is 173 cm³/mol. The van der Waals surface area contributed by atoms with Gasteiger partial charge in [0.15, 0.2) is 12.2 Å². The maximum absolute atomic E-state index is 14.2. The Balaban J connectivity index is 1.56. The van der Waals surface area contributed by atoms with Gasteiger partial charge in [-0.05, 0) is 60.5 Å². The summed E-state index contributed by atoms with van der Waals surface area (Å²) in [5, 5.41) is 2.71. The van der Waals surface area contributed by atoms with E-state index < -0.39 is 29.7 Å². The Bertz CT molecular complexity index is 2060. The summed E-state index contributed by atoms with van der Waals surface area (Å²) >= 11 is 3.40. The summed E-state index contributed by atoms with van der Waals surface area (Å²) < 4.78 is 26.9. The van der Waals surface area contributed by atoms with Crippen molar-refractivity contribution in [1.82, 2.24) is 4.57 Å². The molecule has 0 saturated carbocycles. The summed E-state index contributed by atoms with van der Waals surface area (Å²) in [7, 11) is 3.33. The van der Waals surface area contributed by atoms with E-state index in [0.29, 0.717) is 38.9 Å². The molecule has 2 heterocycles. The predicted octanol–water partition coefficient (Wildman–Crippen LogP) is 7.02. The summed E-state index contributed by atoms with van der Waals surface area (Å²) in [6, 6.07) is 20.7. The standard InChI is InChI=1S/C35H30BrNO7/c1-19(38)42-33-30-27(44-35(2,3)34(33)43-28(39)15-12-20-10-13-23(36)14-11-20)18-26(41-5)29-31(30)37(4)25-17-22-9-7-6-8-21(22)16-24(25)32(29)40/h6-18,33-34H,1-5H3/b15-12+/t33-,34-/m1/s1. The highest BCUT2D eigenvalue weighted by Crippen LogP contribution is 2.49. The fraction of sp³-hybridized carbons (Fsp3) is 0.229. The van der Waals surface area contributed by atoms with Crippen LogP contribution in [-0.2, 0) is 26.1 Å². The molecule has 6 rings (SSSR count). The van der Waals surface area contributed by atoms with Gasteiger partial charge in [0.1, 0.15) is 17.1 Å². The monoisotopic (exact) mass is 655 g/mol. The van der Waals surface area contributed by atoms with Crippen LogP contribution >= 0.6 is 15.9 Å². The van der Waals surface area contributed by atoms with Crippen molar-refractivity contribution < 1.29 is 28.5 Å². The summed E-state index contributed by atoms with van der Waals surface area (Å²) in [5.74, 6) is -0.539. The van der Waals surface area contributed by atoms with Gasteiger partial charge >= 0.3 is 11.9 Å². The third-order valence-corrected chi connectivity index (χ3v) is 8.48. The molecule has 9 heteroatoms. The fourth-order valence-electron chi connectivity index (χ4n) is 5.93. The lowest BCUT2D eigenvalue weighted by molar-refractivity contribution is -0.185. The van der Waals surface area contributed by atoms with Crippen molar-refractivity contribution in [1.29, 1.82) is 0 Å². The Kier molecular flexibility index (Phi) is 7.45. The molecule has 0 aliphatic carbocycles. The maximum atomic E-state index is 14.2.